The minimum absolute atomic E-state index is 0.0543. The summed E-state index contributed by atoms with van der Waals surface area (Å²) in [5, 5.41) is 0. The Hall–Kier alpha value is -3.89. The molecule has 0 radical (unpaired) electrons. The Morgan fingerprint density at radius 1 is 0.688 bits per heavy atom. The lowest BCUT2D eigenvalue weighted by Crippen LogP contribution is -2.37. The van der Waals surface area contributed by atoms with Crippen LogP contribution in [-0.4, -0.2) is 12.7 Å². The number of hydrogen-bond donors (Lipinski definition) is 2. The van der Waals surface area contributed by atoms with Gasteiger partial charge in [0.25, 0.3) is 0 Å². The molecule has 0 aliphatic heterocycles. The summed E-state index contributed by atoms with van der Waals surface area (Å²) in [6, 6.07) is 35.1. The largest absolute Gasteiger partial charge is 0.448 e. The van der Waals surface area contributed by atoms with Crippen molar-refractivity contribution < 1.29 is 9.53 Å². The summed E-state index contributed by atoms with van der Waals surface area (Å²) in [6.07, 6.45) is -0.479. The summed E-state index contributed by atoms with van der Waals surface area (Å²) in [4.78, 5) is 12.3. The molecule has 0 saturated heterocycles. The fourth-order valence-electron chi connectivity index (χ4n) is 4.30. The number of amides is 1. The number of carbonyl (C=O) groups is 1. The smallest absolute Gasteiger partial charge is 0.421 e. The van der Waals surface area contributed by atoms with E-state index in [9.17, 15) is 4.79 Å². The molecule has 4 aromatic carbocycles. The molecule has 5 rings (SSSR count). The Morgan fingerprint density at radius 2 is 1.25 bits per heavy atom. The molecule has 0 unspecified atom stereocenters. The van der Waals surface area contributed by atoms with E-state index < -0.39 is 6.09 Å². The Kier molecular flexibility index (Phi) is 5.69. The Bertz CT molecular complexity index is 1170. The van der Waals surface area contributed by atoms with Crippen molar-refractivity contribution in [3.05, 3.63) is 120 Å². The average molecular weight is 421 g/mol. The second-order valence-corrected chi connectivity index (χ2v) is 7.87. The Labute approximate surface area is 187 Å². The first kappa shape index (κ1) is 20.0. The maximum atomic E-state index is 12.3. The molecule has 4 nitrogen and oxygen atoms in total. The molecule has 4 heteroatoms. The molecule has 0 saturated carbocycles. The van der Waals surface area contributed by atoms with Crippen LogP contribution in [-0.2, 0) is 11.3 Å². The van der Waals surface area contributed by atoms with Gasteiger partial charge in [-0.1, -0.05) is 103 Å². The summed E-state index contributed by atoms with van der Waals surface area (Å²) in [6.45, 7) is 0.812. The third-order valence-corrected chi connectivity index (χ3v) is 5.89. The lowest BCUT2D eigenvalue weighted by Gasteiger charge is -2.15. The van der Waals surface area contributed by atoms with Crippen LogP contribution < -0.4 is 10.9 Å². The zero-order chi connectivity index (χ0) is 21.8. The molecule has 4 aromatic rings. The highest BCUT2D eigenvalue weighted by Gasteiger charge is 2.28. The van der Waals surface area contributed by atoms with E-state index in [0.29, 0.717) is 13.2 Å². The van der Waals surface area contributed by atoms with Crippen molar-refractivity contribution in [3.8, 4) is 22.3 Å². The van der Waals surface area contributed by atoms with Crippen LogP contribution in [0.25, 0.3) is 22.3 Å². The van der Waals surface area contributed by atoms with Crippen LogP contribution in [0.2, 0.25) is 0 Å². The number of carbonyl (C=O) groups excluding carboxylic acids is 1. The van der Waals surface area contributed by atoms with Crippen LogP contribution in [0.15, 0.2) is 103 Å². The van der Waals surface area contributed by atoms with Gasteiger partial charge in [-0.25, -0.2) is 10.2 Å². The first-order valence-electron chi connectivity index (χ1n) is 10.8. The third kappa shape index (κ3) is 4.13. The minimum Gasteiger partial charge on any atom is -0.448 e. The van der Waals surface area contributed by atoms with Gasteiger partial charge in [-0.3, -0.25) is 5.43 Å². The van der Waals surface area contributed by atoms with Crippen molar-refractivity contribution in [2.24, 2.45) is 0 Å². The fraction of sp³-hybridized carbons (Fsp3) is 0.107. The molecule has 0 bridgehead atoms. The Balaban J connectivity index is 1.14. The molecular formula is C28H24N2O2. The van der Waals surface area contributed by atoms with Gasteiger partial charge < -0.3 is 4.74 Å². The molecule has 1 aliphatic carbocycles. The van der Waals surface area contributed by atoms with Gasteiger partial charge in [0, 0.05) is 12.5 Å². The van der Waals surface area contributed by atoms with Crippen molar-refractivity contribution >= 4 is 6.09 Å². The van der Waals surface area contributed by atoms with Crippen LogP contribution in [0.5, 0.6) is 0 Å². The predicted molar refractivity (Wildman–Crippen MR) is 127 cm³/mol. The summed E-state index contributed by atoms with van der Waals surface area (Å²) in [7, 11) is 0. The lowest BCUT2D eigenvalue weighted by atomic mass is 9.98. The van der Waals surface area contributed by atoms with Crippen LogP contribution in [0.1, 0.15) is 22.6 Å². The molecule has 0 spiro atoms. The van der Waals surface area contributed by atoms with Gasteiger partial charge in [-0.15, -0.1) is 0 Å². The summed E-state index contributed by atoms with van der Waals surface area (Å²) < 4.78 is 5.54. The van der Waals surface area contributed by atoms with Gasteiger partial charge in [-0.05, 0) is 38.9 Å². The second-order valence-electron chi connectivity index (χ2n) is 7.87. The first-order valence-corrected chi connectivity index (χ1v) is 10.8. The van der Waals surface area contributed by atoms with Crippen molar-refractivity contribution in [1.29, 1.82) is 0 Å². The minimum atomic E-state index is -0.479. The van der Waals surface area contributed by atoms with Crippen LogP contribution >= 0.6 is 0 Å². The lowest BCUT2D eigenvalue weighted by molar-refractivity contribution is 0.138. The van der Waals surface area contributed by atoms with Gasteiger partial charge in [0.1, 0.15) is 6.61 Å². The van der Waals surface area contributed by atoms with Crippen LogP contribution in [0, 0.1) is 0 Å². The molecule has 32 heavy (non-hydrogen) atoms. The van der Waals surface area contributed by atoms with Crippen molar-refractivity contribution in [2.45, 2.75) is 12.5 Å². The monoisotopic (exact) mass is 420 g/mol. The molecule has 0 atom stereocenters. The number of fused-ring (bicyclic) bond motifs is 3. The number of nitrogens with one attached hydrogen (secondary N) is 2. The van der Waals surface area contributed by atoms with E-state index in [-0.39, 0.29) is 5.92 Å². The van der Waals surface area contributed by atoms with E-state index in [1.165, 1.54) is 33.4 Å². The molecule has 0 aromatic heterocycles. The SMILES string of the molecule is O=C(NNCc1ccc(-c2ccccc2)cc1)OCC1c2ccccc2-c2ccccc21. The first-order chi connectivity index (χ1) is 15.8. The van der Waals surface area contributed by atoms with E-state index in [1.54, 1.807) is 0 Å². The summed E-state index contributed by atoms with van der Waals surface area (Å²) in [5.41, 5.74) is 13.8. The van der Waals surface area contributed by atoms with E-state index in [1.807, 2.05) is 42.5 Å². The van der Waals surface area contributed by atoms with E-state index in [0.717, 1.165) is 5.56 Å². The normalized spacial score (nSPS) is 12.1. The highest BCUT2D eigenvalue weighted by molar-refractivity contribution is 5.79. The zero-order valence-electron chi connectivity index (χ0n) is 17.6. The quantitative estimate of drug-likeness (QED) is 0.382. The summed E-state index contributed by atoms with van der Waals surface area (Å²) in [5.74, 6) is 0.0543. The van der Waals surface area contributed by atoms with Gasteiger partial charge in [0.05, 0.1) is 0 Å². The molecule has 0 heterocycles. The third-order valence-electron chi connectivity index (χ3n) is 5.89. The topological polar surface area (TPSA) is 50.4 Å². The van der Waals surface area contributed by atoms with E-state index in [4.69, 9.17) is 4.74 Å². The van der Waals surface area contributed by atoms with Crippen molar-refractivity contribution in [1.82, 2.24) is 10.9 Å². The average Bonchev–Trinajstić information content (AvgIpc) is 3.17. The predicted octanol–water partition coefficient (Wildman–Crippen LogP) is 5.90. The van der Waals surface area contributed by atoms with Crippen LogP contribution in [0.4, 0.5) is 4.79 Å². The molecule has 2 N–H and O–H groups in total. The highest BCUT2D eigenvalue weighted by Crippen LogP contribution is 2.44. The molecular weight excluding hydrogens is 396 g/mol. The van der Waals surface area contributed by atoms with E-state index in [2.05, 4.69) is 71.5 Å². The number of rotatable bonds is 6. The van der Waals surface area contributed by atoms with Gasteiger partial charge in [-0.2, -0.15) is 0 Å². The number of hydrogen-bond acceptors (Lipinski definition) is 3. The molecule has 1 amide bonds. The fourth-order valence-corrected chi connectivity index (χ4v) is 4.30. The zero-order valence-corrected chi connectivity index (χ0v) is 17.6. The van der Waals surface area contributed by atoms with Crippen molar-refractivity contribution in [2.75, 3.05) is 6.61 Å². The van der Waals surface area contributed by atoms with Gasteiger partial charge >= 0.3 is 6.09 Å². The standard InChI is InChI=1S/C28H24N2O2/c31-28(30-29-18-20-14-16-22(17-15-20)21-8-2-1-3-9-21)32-19-27-25-12-6-4-10-23(25)24-11-5-7-13-26(24)27/h1-17,27,29H,18-19H2,(H,30,31). The highest BCUT2D eigenvalue weighted by atomic mass is 16.6. The number of ether oxygens (including phenoxy) is 1. The maximum Gasteiger partial charge on any atom is 0.421 e. The van der Waals surface area contributed by atoms with E-state index >= 15 is 0 Å². The van der Waals surface area contributed by atoms with Crippen molar-refractivity contribution in [3.63, 3.8) is 0 Å². The molecule has 0 fully saturated rings. The Morgan fingerprint density at radius 3 is 1.91 bits per heavy atom. The number of benzene rings is 4. The van der Waals surface area contributed by atoms with Gasteiger partial charge in [0.2, 0.25) is 0 Å². The second kappa shape index (κ2) is 9.08. The van der Waals surface area contributed by atoms with Gasteiger partial charge in [0.15, 0.2) is 0 Å². The molecule has 158 valence electrons. The maximum absolute atomic E-state index is 12.3. The van der Waals surface area contributed by atoms with Crippen LogP contribution in [0.3, 0.4) is 0 Å². The summed E-state index contributed by atoms with van der Waals surface area (Å²) >= 11 is 0. The number of hydrazine groups is 1. The molecule has 1 aliphatic rings.